The molecule has 3 heterocycles. The number of carbonyl (C=O) groups is 3. The highest BCUT2D eigenvalue weighted by molar-refractivity contribution is 5.77. The Labute approximate surface area is 258 Å². The summed E-state index contributed by atoms with van der Waals surface area (Å²) < 4.78 is 16.5. The summed E-state index contributed by atoms with van der Waals surface area (Å²) in [4.78, 5) is 48.3. The van der Waals surface area contributed by atoms with E-state index in [2.05, 4.69) is 15.8 Å². The van der Waals surface area contributed by atoms with Crippen LogP contribution in [0.1, 0.15) is 83.9 Å². The lowest BCUT2D eigenvalue weighted by molar-refractivity contribution is -0.153. The van der Waals surface area contributed by atoms with E-state index in [0.717, 1.165) is 24.8 Å². The monoisotopic (exact) mass is 612 g/mol. The molecule has 0 radical (unpaired) electrons. The van der Waals surface area contributed by atoms with Crippen LogP contribution in [0.5, 0.6) is 0 Å². The SMILES string of the molecule is CN(Cc1cc([C@@H]2CC3(CC3)[C@@H]3CN2C(=O)N3OCc2ccccc2)no1)C(NC(=O)OC(C)(C)C)NC(=O)OC(C)(C)C. The molecule has 2 bridgehead atoms. The first-order valence-corrected chi connectivity index (χ1v) is 15.0. The second kappa shape index (κ2) is 11.9. The fourth-order valence-electron chi connectivity index (χ4n) is 5.75. The lowest BCUT2D eigenvalue weighted by Crippen LogP contribution is -2.58. The van der Waals surface area contributed by atoms with Crippen LogP contribution in [0.4, 0.5) is 14.4 Å². The molecule has 1 saturated carbocycles. The number of benzene rings is 1. The van der Waals surface area contributed by atoms with Gasteiger partial charge in [-0.3, -0.25) is 20.4 Å². The highest BCUT2D eigenvalue weighted by Crippen LogP contribution is 2.61. The summed E-state index contributed by atoms with van der Waals surface area (Å²) in [6.07, 6.45) is 0.446. The van der Waals surface area contributed by atoms with Gasteiger partial charge in [0.15, 0.2) is 12.0 Å². The van der Waals surface area contributed by atoms with E-state index >= 15 is 0 Å². The molecule has 44 heavy (non-hydrogen) atoms. The number of hydrogen-bond donors (Lipinski definition) is 2. The second-order valence-corrected chi connectivity index (χ2v) is 13.9. The molecule has 1 aromatic carbocycles. The number of alkyl carbamates (subject to hydrolysis) is 2. The van der Waals surface area contributed by atoms with Crippen molar-refractivity contribution in [3.8, 4) is 0 Å². The van der Waals surface area contributed by atoms with Crippen molar-refractivity contribution in [3.63, 3.8) is 0 Å². The largest absolute Gasteiger partial charge is 0.444 e. The predicted octanol–water partition coefficient (Wildman–Crippen LogP) is 4.90. The van der Waals surface area contributed by atoms with Crippen molar-refractivity contribution >= 4 is 18.2 Å². The highest BCUT2D eigenvalue weighted by atomic mass is 16.7. The zero-order valence-electron chi connectivity index (χ0n) is 26.6. The number of hydrogen-bond acceptors (Lipinski definition) is 9. The first-order chi connectivity index (χ1) is 20.6. The Balaban J connectivity index is 1.26. The summed E-state index contributed by atoms with van der Waals surface area (Å²) in [5.74, 6) is 0.500. The van der Waals surface area contributed by atoms with E-state index in [0.29, 0.717) is 24.6 Å². The summed E-state index contributed by atoms with van der Waals surface area (Å²) in [5.41, 5.74) is 0.204. The maximum Gasteiger partial charge on any atom is 0.410 e. The smallest absolute Gasteiger partial charge is 0.410 e. The van der Waals surface area contributed by atoms with Crippen molar-refractivity contribution in [1.82, 2.24) is 30.7 Å². The molecule has 2 N–H and O–H groups in total. The van der Waals surface area contributed by atoms with Crippen LogP contribution >= 0.6 is 0 Å². The molecule has 2 atom stereocenters. The molecule has 240 valence electrons. The van der Waals surface area contributed by atoms with Crippen molar-refractivity contribution in [2.75, 3.05) is 13.6 Å². The number of carbonyl (C=O) groups excluding carboxylic acids is 3. The topological polar surface area (TPSA) is 139 Å². The van der Waals surface area contributed by atoms with Gasteiger partial charge in [-0.25, -0.2) is 14.4 Å². The van der Waals surface area contributed by atoms with Crippen molar-refractivity contribution in [1.29, 1.82) is 0 Å². The molecular formula is C31H44N6O7. The van der Waals surface area contributed by atoms with Crippen LogP contribution in [0.15, 0.2) is 40.9 Å². The van der Waals surface area contributed by atoms with Crippen molar-refractivity contribution in [2.24, 2.45) is 5.41 Å². The number of urea groups is 1. The molecule has 2 aliphatic heterocycles. The Hall–Kier alpha value is -3.84. The summed E-state index contributed by atoms with van der Waals surface area (Å²) in [7, 11) is 1.71. The maximum atomic E-state index is 13.5. The van der Waals surface area contributed by atoms with Gasteiger partial charge >= 0.3 is 18.2 Å². The van der Waals surface area contributed by atoms with E-state index in [1.54, 1.807) is 58.6 Å². The minimum atomic E-state index is -0.978. The normalized spacial score (nSPS) is 20.8. The summed E-state index contributed by atoms with van der Waals surface area (Å²) in [6.45, 7) is 11.6. The minimum absolute atomic E-state index is 0.000310. The average molecular weight is 613 g/mol. The Morgan fingerprint density at radius 3 is 2.25 bits per heavy atom. The van der Waals surface area contributed by atoms with Crippen LogP contribution in [0.2, 0.25) is 0 Å². The molecule has 2 saturated heterocycles. The van der Waals surface area contributed by atoms with Crippen LogP contribution in [0.3, 0.4) is 0 Å². The average Bonchev–Trinajstić information content (AvgIpc) is 3.41. The standard InChI is InChI=1S/C31H44N6O7/c1-29(2,3)42-26(38)32-25(33-27(39)43-30(4,5)6)35(7)17-21-15-22(34-44-21)23-16-31(13-14-31)24-18-36(23)28(40)37(24)41-19-20-11-9-8-10-12-20/h8-12,15,23-25H,13-14,16-19H2,1-7H3,(H,32,38)(H,33,39)/t23-,24-/m0/s1. The lowest BCUT2D eigenvalue weighted by atomic mass is 9.84. The quantitative estimate of drug-likeness (QED) is 0.379. The van der Waals surface area contributed by atoms with Crippen molar-refractivity contribution in [3.05, 3.63) is 53.4 Å². The first-order valence-electron chi connectivity index (χ1n) is 15.0. The molecule has 2 aromatic rings. The van der Waals surface area contributed by atoms with E-state index in [4.69, 9.17) is 18.8 Å². The van der Waals surface area contributed by atoms with Crippen LogP contribution in [0, 0.1) is 5.41 Å². The molecule has 1 aromatic heterocycles. The van der Waals surface area contributed by atoms with Gasteiger partial charge in [0.25, 0.3) is 0 Å². The third kappa shape index (κ3) is 7.44. The lowest BCUT2D eigenvalue weighted by Gasteiger charge is -2.35. The molecule has 3 fully saturated rings. The fraction of sp³-hybridized carbons (Fsp3) is 0.613. The number of ether oxygens (including phenoxy) is 2. The number of nitrogens with one attached hydrogen (secondary N) is 2. The number of piperidine rings is 1. The third-order valence-corrected chi connectivity index (χ3v) is 7.95. The van der Waals surface area contributed by atoms with Gasteiger partial charge in [-0.2, -0.15) is 5.06 Å². The maximum absolute atomic E-state index is 13.5. The summed E-state index contributed by atoms with van der Waals surface area (Å²) in [6, 6.07) is 11.2. The zero-order chi connectivity index (χ0) is 31.9. The Bertz CT molecular complexity index is 1320. The van der Waals surface area contributed by atoms with Gasteiger partial charge in [-0.15, -0.1) is 0 Å². The van der Waals surface area contributed by atoms with E-state index in [1.807, 2.05) is 41.3 Å². The minimum Gasteiger partial charge on any atom is -0.444 e. The number of aromatic nitrogens is 1. The Kier molecular flexibility index (Phi) is 8.56. The molecule has 0 unspecified atom stereocenters. The van der Waals surface area contributed by atoms with Gasteiger partial charge in [0.1, 0.15) is 23.5 Å². The van der Waals surface area contributed by atoms with Gasteiger partial charge in [-0.05, 0) is 78.8 Å². The van der Waals surface area contributed by atoms with E-state index in [1.165, 1.54) is 0 Å². The molecule has 13 nitrogen and oxygen atoms in total. The molecule has 13 heteroatoms. The van der Waals surface area contributed by atoms with Crippen molar-refractivity contribution in [2.45, 2.75) is 104 Å². The Morgan fingerprint density at radius 2 is 1.68 bits per heavy atom. The summed E-state index contributed by atoms with van der Waals surface area (Å²) >= 11 is 0. The number of fused-ring (bicyclic) bond motifs is 3. The van der Waals surface area contributed by atoms with E-state index in [9.17, 15) is 14.4 Å². The van der Waals surface area contributed by atoms with Gasteiger partial charge in [0.05, 0.1) is 18.6 Å². The van der Waals surface area contributed by atoms with Gasteiger partial charge in [-0.1, -0.05) is 35.5 Å². The Morgan fingerprint density at radius 1 is 1.07 bits per heavy atom. The van der Waals surface area contributed by atoms with Crippen LogP contribution in [0.25, 0.3) is 0 Å². The van der Waals surface area contributed by atoms with Crippen molar-refractivity contribution < 1.29 is 33.2 Å². The number of nitrogens with zero attached hydrogens (tertiary/aromatic N) is 4. The molecule has 5 rings (SSSR count). The highest BCUT2D eigenvalue weighted by Gasteiger charge is 2.63. The van der Waals surface area contributed by atoms with Crippen LogP contribution in [-0.2, 0) is 27.5 Å². The van der Waals surface area contributed by atoms with Gasteiger partial charge < -0.3 is 18.9 Å². The molecule has 3 aliphatic rings. The molecule has 4 amide bonds. The fourth-order valence-corrected chi connectivity index (χ4v) is 5.75. The number of rotatable bonds is 9. The molecule has 1 aliphatic carbocycles. The number of amides is 4. The van der Waals surface area contributed by atoms with Gasteiger partial charge in [0.2, 0.25) is 0 Å². The summed E-state index contributed by atoms with van der Waals surface area (Å²) in [5, 5.41) is 11.3. The first kappa shape index (κ1) is 31.6. The third-order valence-electron chi connectivity index (χ3n) is 7.95. The number of hydroxylamine groups is 2. The predicted molar refractivity (Wildman–Crippen MR) is 158 cm³/mol. The van der Waals surface area contributed by atoms with Crippen LogP contribution < -0.4 is 10.6 Å². The van der Waals surface area contributed by atoms with E-state index in [-0.39, 0.29) is 30.1 Å². The second-order valence-electron chi connectivity index (χ2n) is 13.9. The molecule has 1 spiro atoms. The van der Waals surface area contributed by atoms with E-state index < -0.39 is 29.7 Å². The van der Waals surface area contributed by atoms with Gasteiger partial charge in [0, 0.05) is 12.6 Å². The molecular weight excluding hydrogens is 568 g/mol. The van der Waals surface area contributed by atoms with Crippen LogP contribution in [-0.4, -0.2) is 75.4 Å². The zero-order valence-corrected chi connectivity index (χ0v) is 26.6.